The van der Waals surface area contributed by atoms with Crippen LogP contribution in [-0.2, 0) is 11.3 Å². The number of benzene rings is 2. The Kier molecular flexibility index (Phi) is 3.54. The normalized spacial score (nSPS) is 11.2. The minimum absolute atomic E-state index is 0.0564. The van der Waals surface area contributed by atoms with Crippen molar-refractivity contribution in [2.45, 2.75) is 13.5 Å². The van der Waals surface area contributed by atoms with Crippen molar-refractivity contribution in [3.8, 4) is 11.1 Å². The fourth-order valence-corrected chi connectivity index (χ4v) is 3.15. The highest BCUT2D eigenvalue weighted by atomic mass is 35.5. The average molecular weight is 339 g/mol. The van der Waals surface area contributed by atoms with Crippen molar-refractivity contribution in [2.75, 3.05) is 0 Å². The van der Waals surface area contributed by atoms with Crippen molar-refractivity contribution < 1.29 is 9.21 Å². The maximum Gasteiger partial charge on any atom is 0.217 e. The Morgan fingerprint density at radius 1 is 1.17 bits per heavy atom. The van der Waals surface area contributed by atoms with E-state index in [2.05, 4.69) is 10.3 Å². The molecule has 4 nitrogen and oxygen atoms in total. The molecule has 0 saturated carbocycles. The van der Waals surface area contributed by atoms with Gasteiger partial charge in [-0.1, -0.05) is 23.7 Å². The number of carbonyl (C=O) groups excluding carboxylic acids is 1. The van der Waals surface area contributed by atoms with Crippen molar-refractivity contribution in [2.24, 2.45) is 0 Å². The number of H-pyrrole nitrogens is 1. The van der Waals surface area contributed by atoms with Gasteiger partial charge in [-0.25, -0.2) is 0 Å². The fourth-order valence-electron chi connectivity index (χ4n) is 2.87. The van der Waals surface area contributed by atoms with E-state index in [0.29, 0.717) is 11.6 Å². The van der Waals surface area contributed by atoms with Crippen LogP contribution in [0.2, 0.25) is 5.02 Å². The lowest BCUT2D eigenvalue weighted by Gasteiger charge is -2.05. The average Bonchev–Trinajstić information content (AvgIpc) is 3.17. The Balaban J connectivity index is 1.77. The van der Waals surface area contributed by atoms with E-state index in [4.69, 9.17) is 16.0 Å². The van der Waals surface area contributed by atoms with E-state index in [1.165, 1.54) is 6.92 Å². The third kappa shape index (κ3) is 2.65. The Hall–Kier alpha value is -2.72. The number of nitrogens with one attached hydrogen (secondary N) is 2. The molecule has 4 rings (SSSR count). The molecule has 24 heavy (non-hydrogen) atoms. The highest BCUT2D eigenvalue weighted by Crippen LogP contribution is 2.34. The first-order valence-electron chi connectivity index (χ1n) is 7.63. The molecule has 2 aromatic carbocycles. The first-order chi connectivity index (χ1) is 11.6. The van der Waals surface area contributed by atoms with Gasteiger partial charge in [0.2, 0.25) is 5.91 Å². The fraction of sp³-hybridized carbons (Fsp3) is 0.105. The standard InChI is InChI=1S/C19H15ClN2O2/c1-11(23)21-10-15-6-14-7-17(20)16(9-18(14)22-15)13-3-2-12-4-5-24-19(12)8-13/h2-9,22H,10H2,1H3,(H,21,23). The summed E-state index contributed by atoms with van der Waals surface area (Å²) in [6, 6.07) is 13.9. The molecule has 5 heteroatoms. The SMILES string of the molecule is CC(=O)NCc1cc2cc(Cl)c(-c3ccc4ccoc4c3)cc2[nH]1. The Morgan fingerprint density at radius 2 is 2.04 bits per heavy atom. The van der Waals surface area contributed by atoms with Gasteiger partial charge in [-0.15, -0.1) is 0 Å². The van der Waals surface area contributed by atoms with Gasteiger partial charge in [-0.3, -0.25) is 4.79 Å². The van der Waals surface area contributed by atoms with Crippen molar-refractivity contribution in [3.05, 3.63) is 59.4 Å². The number of rotatable bonds is 3. The molecule has 0 radical (unpaired) electrons. The molecule has 0 unspecified atom stereocenters. The zero-order valence-corrected chi connectivity index (χ0v) is 13.8. The predicted octanol–water partition coefficient (Wildman–Crippen LogP) is 4.87. The first kappa shape index (κ1) is 14.8. The van der Waals surface area contributed by atoms with Gasteiger partial charge in [0.25, 0.3) is 0 Å². The molecule has 0 aliphatic carbocycles. The molecule has 120 valence electrons. The van der Waals surface area contributed by atoms with Gasteiger partial charge in [0, 0.05) is 39.5 Å². The van der Waals surface area contributed by atoms with E-state index in [0.717, 1.165) is 38.7 Å². The molecule has 0 aliphatic heterocycles. The summed E-state index contributed by atoms with van der Waals surface area (Å²) in [6.45, 7) is 1.97. The minimum atomic E-state index is -0.0564. The lowest BCUT2D eigenvalue weighted by atomic mass is 10.0. The summed E-state index contributed by atoms with van der Waals surface area (Å²) in [4.78, 5) is 14.4. The second-order valence-corrected chi connectivity index (χ2v) is 6.20. The number of furan rings is 1. The first-order valence-corrected chi connectivity index (χ1v) is 8.01. The lowest BCUT2D eigenvalue weighted by molar-refractivity contribution is -0.119. The van der Waals surface area contributed by atoms with Crippen molar-refractivity contribution in [1.29, 1.82) is 0 Å². The summed E-state index contributed by atoms with van der Waals surface area (Å²) >= 11 is 6.49. The molecule has 0 atom stereocenters. The number of hydrogen-bond donors (Lipinski definition) is 2. The number of hydrogen-bond acceptors (Lipinski definition) is 2. The van der Waals surface area contributed by atoms with Gasteiger partial charge in [0.15, 0.2) is 0 Å². The quantitative estimate of drug-likeness (QED) is 0.560. The molecule has 2 N–H and O–H groups in total. The maximum absolute atomic E-state index is 11.1. The number of aromatic amines is 1. The van der Waals surface area contributed by atoms with Gasteiger partial charge in [0.05, 0.1) is 12.8 Å². The third-order valence-corrected chi connectivity index (χ3v) is 4.37. The van der Waals surface area contributed by atoms with Gasteiger partial charge >= 0.3 is 0 Å². The topological polar surface area (TPSA) is 58.0 Å². The lowest BCUT2D eigenvalue weighted by Crippen LogP contribution is -2.18. The van der Waals surface area contributed by atoms with Crippen LogP contribution in [0.25, 0.3) is 33.0 Å². The summed E-state index contributed by atoms with van der Waals surface area (Å²) in [7, 11) is 0. The molecule has 1 amide bonds. The summed E-state index contributed by atoms with van der Waals surface area (Å²) in [5.41, 5.74) is 4.70. The highest BCUT2D eigenvalue weighted by Gasteiger charge is 2.10. The van der Waals surface area contributed by atoms with Crippen molar-refractivity contribution in [1.82, 2.24) is 10.3 Å². The van der Waals surface area contributed by atoms with Gasteiger partial charge in [-0.2, -0.15) is 0 Å². The van der Waals surface area contributed by atoms with Gasteiger partial charge in [-0.05, 0) is 35.9 Å². The summed E-state index contributed by atoms with van der Waals surface area (Å²) in [6.07, 6.45) is 1.68. The molecule has 0 fully saturated rings. The van der Waals surface area contributed by atoms with Crippen LogP contribution >= 0.6 is 11.6 Å². The number of aromatic nitrogens is 1. The molecule has 0 spiro atoms. The molecule has 0 saturated heterocycles. The minimum Gasteiger partial charge on any atom is -0.464 e. The van der Waals surface area contributed by atoms with Crippen LogP contribution in [-0.4, -0.2) is 10.9 Å². The second-order valence-electron chi connectivity index (χ2n) is 5.80. The van der Waals surface area contributed by atoms with E-state index in [1.807, 2.05) is 42.5 Å². The van der Waals surface area contributed by atoms with Crippen molar-refractivity contribution in [3.63, 3.8) is 0 Å². The van der Waals surface area contributed by atoms with Crippen molar-refractivity contribution >= 4 is 39.4 Å². The van der Waals surface area contributed by atoms with Crippen LogP contribution in [0.1, 0.15) is 12.6 Å². The van der Waals surface area contributed by atoms with Crippen LogP contribution in [0, 0.1) is 0 Å². The van der Waals surface area contributed by atoms with Gasteiger partial charge in [0.1, 0.15) is 5.58 Å². The summed E-state index contributed by atoms with van der Waals surface area (Å²) in [5, 5.41) is 5.54. The molecule has 2 heterocycles. The van der Waals surface area contributed by atoms with E-state index in [1.54, 1.807) is 6.26 Å². The smallest absolute Gasteiger partial charge is 0.217 e. The number of halogens is 1. The van der Waals surface area contributed by atoms with E-state index in [9.17, 15) is 4.79 Å². The summed E-state index contributed by atoms with van der Waals surface area (Å²) < 4.78 is 5.47. The van der Waals surface area contributed by atoms with E-state index in [-0.39, 0.29) is 5.91 Å². The molecule has 4 aromatic rings. The number of carbonyl (C=O) groups is 1. The molecule has 0 aliphatic rings. The molecular formula is C19H15ClN2O2. The Morgan fingerprint density at radius 3 is 2.88 bits per heavy atom. The zero-order chi connectivity index (χ0) is 16.7. The Bertz CT molecular complexity index is 1060. The highest BCUT2D eigenvalue weighted by molar-refractivity contribution is 6.34. The Labute approximate surface area is 143 Å². The van der Waals surface area contributed by atoms with Crippen LogP contribution in [0.3, 0.4) is 0 Å². The molecule has 2 aromatic heterocycles. The summed E-state index contributed by atoms with van der Waals surface area (Å²) in [5.74, 6) is -0.0564. The van der Waals surface area contributed by atoms with Crippen LogP contribution < -0.4 is 5.32 Å². The molecular weight excluding hydrogens is 324 g/mol. The van der Waals surface area contributed by atoms with Crippen LogP contribution in [0.4, 0.5) is 0 Å². The monoisotopic (exact) mass is 338 g/mol. The van der Waals surface area contributed by atoms with Gasteiger partial charge < -0.3 is 14.7 Å². The third-order valence-electron chi connectivity index (χ3n) is 4.06. The van der Waals surface area contributed by atoms with E-state index < -0.39 is 0 Å². The van der Waals surface area contributed by atoms with Crippen LogP contribution in [0.15, 0.2) is 53.1 Å². The largest absolute Gasteiger partial charge is 0.464 e. The maximum atomic E-state index is 11.1. The second kappa shape index (κ2) is 5.73. The number of fused-ring (bicyclic) bond motifs is 2. The molecule has 0 bridgehead atoms. The predicted molar refractivity (Wildman–Crippen MR) is 96.0 cm³/mol. The number of amides is 1. The van der Waals surface area contributed by atoms with E-state index >= 15 is 0 Å². The van der Waals surface area contributed by atoms with Crippen LogP contribution in [0.5, 0.6) is 0 Å². The zero-order valence-electron chi connectivity index (χ0n) is 13.0.